The maximum Gasteiger partial charge on any atom is 0.258 e. The summed E-state index contributed by atoms with van der Waals surface area (Å²) in [6.07, 6.45) is 0. The minimum atomic E-state index is -0.377. The molecule has 0 aliphatic heterocycles. The topological polar surface area (TPSA) is 82.9 Å². The first kappa shape index (κ1) is 28.4. The van der Waals surface area contributed by atoms with E-state index in [4.69, 9.17) is 23.2 Å². The number of benzene rings is 4. The molecule has 6 nitrogen and oxygen atoms in total. The minimum absolute atomic E-state index is 0.339. The molecule has 0 unspecified atom stereocenters. The van der Waals surface area contributed by atoms with Gasteiger partial charge < -0.3 is 10.6 Å². The smallest absolute Gasteiger partial charge is 0.258 e. The number of amidine groups is 2. The van der Waals surface area contributed by atoms with E-state index in [-0.39, 0.29) is 11.8 Å². The highest BCUT2D eigenvalue weighted by atomic mass is 35.5. The van der Waals surface area contributed by atoms with E-state index < -0.39 is 0 Å². The summed E-state index contributed by atoms with van der Waals surface area (Å²) in [7, 11) is 0. The van der Waals surface area contributed by atoms with Crippen LogP contribution in [0.1, 0.15) is 20.7 Å². The first-order valence-electron chi connectivity index (χ1n) is 11.6. The van der Waals surface area contributed by atoms with Gasteiger partial charge in [-0.3, -0.25) is 9.59 Å². The quantitative estimate of drug-likeness (QED) is 0.135. The van der Waals surface area contributed by atoms with Crippen LogP contribution in [0.2, 0.25) is 10.0 Å². The van der Waals surface area contributed by atoms with Crippen molar-refractivity contribution in [3.05, 3.63) is 130 Å². The second-order valence-electron chi connectivity index (χ2n) is 7.78. The zero-order chi connectivity index (χ0) is 27.5. The minimum Gasteiger partial charge on any atom is -0.301 e. The maximum absolute atomic E-state index is 12.9. The van der Waals surface area contributed by atoms with Crippen LogP contribution in [0, 0.1) is 0 Å². The van der Waals surface area contributed by atoms with Crippen LogP contribution in [-0.4, -0.2) is 27.2 Å². The monoisotopic (exact) mass is 592 g/mol. The number of thioether (sulfide) groups is 2. The highest BCUT2D eigenvalue weighted by molar-refractivity contribution is 8.29. The number of hydrogen-bond acceptors (Lipinski definition) is 6. The molecule has 0 aromatic heterocycles. The first-order chi connectivity index (χ1) is 19.0. The van der Waals surface area contributed by atoms with Gasteiger partial charge in [0.15, 0.2) is 10.3 Å². The van der Waals surface area contributed by atoms with E-state index >= 15 is 0 Å². The molecule has 0 bridgehead atoms. The van der Waals surface area contributed by atoms with Crippen LogP contribution in [0.15, 0.2) is 119 Å². The molecule has 4 aromatic carbocycles. The predicted octanol–water partition coefficient (Wildman–Crippen LogP) is 7.95. The molecule has 0 spiro atoms. The van der Waals surface area contributed by atoms with E-state index in [1.54, 1.807) is 48.5 Å². The van der Waals surface area contributed by atoms with Crippen molar-refractivity contribution >= 4 is 80.3 Å². The number of amides is 2. The van der Waals surface area contributed by atoms with Gasteiger partial charge in [-0.2, -0.15) is 0 Å². The molecule has 10 heteroatoms. The molecule has 0 atom stereocenters. The van der Waals surface area contributed by atoms with Crippen molar-refractivity contribution in [2.24, 2.45) is 9.98 Å². The Bertz CT molecular complexity index is 1390. The van der Waals surface area contributed by atoms with Crippen molar-refractivity contribution in [1.29, 1.82) is 0 Å². The molecule has 196 valence electrons. The fraction of sp³-hybridized carbons (Fsp3) is 0.0345. The van der Waals surface area contributed by atoms with Crippen LogP contribution in [0.5, 0.6) is 0 Å². The summed E-state index contributed by atoms with van der Waals surface area (Å²) in [5.74, 6) is -0.754. The normalized spacial score (nSPS) is 11.6. The largest absolute Gasteiger partial charge is 0.301 e. The van der Waals surface area contributed by atoms with Crippen LogP contribution in [0.25, 0.3) is 0 Å². The van der Waals surface area contributed by atoms with E-state index in [0.717, 1.165) is 0 Å². The lowest BCUT2D eigenvalue weighted by molar-refractivity contribution is 0.0969. The Hall–Kier alpha value is -3.56. The third kappa shape index (κ3) is 8.73. The Morgan fingerprint density at radius 2 is 0.923 bits per heavy atom. The van der Waals surface area contributed by atoms with Gasteiger partial charge >= 0.3 is 0 Å². The van der Waals surface area contributed by atoms with E-state index in [9.17, 15) is 9.59 Å². The molecule has 0 heterocycles. The number of carbonyl (C=O) groups is 2. The number of carbonyl (C=O) groups excluding carboxylic acids is 2. The highest BCUT2D eigenvalue weighted by Gasteiger charge is 2.16. The van der Waals surface area contributed by atoms with Crippen molar-refractivity contribution in [3.8, 4) is 0 Å². The molecule has 0 saturated heterocycles. The number of nitrogens with zero attached hydrogens (tertiary/aromatic N) is 2. The van der Waals surface area contributed by atoms with Crippen LogP contribution in [0.4, 0.5) is 11.4 Å². The predicted molar refractivity (Wildman–Crippen MR) is 165 cm³/mol. The lowest BCUT2D eigenvalue weighted by Gasteiger charge is -2.12. The molecular weight excluding hydrogens is 571 g/mol. The number of rotatable bonds is 6. The van der Waals surface area contributed by atoms with Crippen molar-refractivity contribution in [2.75, 3.05) is 5.08 Å². The molecule has 0 radical (unpaired) electrons. The number of halogens is 2. The molecule has 2 amide bonds. The van der Waals surface area contributed by atoms with Crippen molar-refractivity contribution in [2.45, 2.75) is 0 Å². The second kappa shape index (κ2) is 14.6. The van der Waals surface area contributed by atoms with Gasteiger partial charge in [0.1, 0.15) is 0 Å². The summed E-state index contributed by atoms with van der Waals surface area (Å²) in [6.45, 7) is 0. The van der Waals surface area contributed by atoms with Crippen molar-refractivity contribution in [1.82, 2.24) is 10.6 Å². The molecule has 0 fully saturated rings. The summed E-state index contributed by atoms with van der Waals surface area (Å²) in [5, 5.41) is 7.50. The van der Waals surface area contributed by atoms with Gasteiger partial charge in [0.25, 0.3) is 11.8 Å². The first-order valence-corrected chi connectivity index (χ1v) is 14.4. The summed E-state index contributed by atoms with van der Waals surface area (Å²) in [6, 6.07) is 32.2. The molecule has 4 aromatic rings. The Morgan fingerprint density at radius 1 is 0.564 bits per heavy atom. The van der Waals surface area contributed by atoms with Gasteiger partial charge in [-0.15, -0.1) is 0 Å². The van der Waals surface area contributed by atoms with Gasteiger partial charge in [0.05, 0.1) is 37.6 Å². The van der Waals surface area contributed by atoms with Crippen molar-refractivity contribution in [3.63, 3.8) is 0 Å². The fourth-order valence-electron chi connectivity index (χ4n) is 3.19. The van der Waals surface area contributed by atoms with Crippen LogP contribution in [0.3, 0.4) is 0 Å². The third-order valence-corrected chi connectivity index (χ3v) is 7.58. The third-order valence-electron chi connectivity index (χ3n) is 5.04. The Balaban J connectivity index is 1.52. The number of hydrogen-bond donors (Lipinski definition) is 2. The standard InChI is InChI=1S/C29H22Cl2N4O2S2/c30-24-17-9-7-15-22(24)26(36)34-28(32-20-11-3-1-4-12-20)38-19-39-29(33-21-13-5-2-6-14-21)35-27(37)23-16-8-10-18-25(23)31/h1-18H,19H2,(H,32,34,36)(H,33,35,37). The molecule has 4 rings (SSSR count). The lowest BCUT2D eigenvalue weighted by Crippen LogP contribution is -2.30. The zero-order valence-electron chi connectivity index (χ0n) is 20.4. The molecular formula is C29H22Cl2N4O2S2. The van der Waals surface area contributed by atoms with Crippen molar-refractivity contribution < 1.29 is 9.59 Å². The van der Waals surface area contributed by atoms with Gasteiger partial charge in [-0.05, 0) is 48.5 Å². The second-order valence-corrected chi connectivity index (χ2v) is 10.9. The average Bonchev–Trinajstić information content (AvgIpc) is 2.94. The van der Waals surface area contributed by atoms with E-state index in [0.29, 0.717) is 48.0 Å². The Kier molecular flexibility index (Phi) is 10.6. The van der Waals surface area contributed by atoms with E-state index in [1.807, 2.05) is 60.7 Å². The number of para-hydroxylation sites is 2. The highest BCUT2D eigenvalue weighted by Crippen LogP contribution is 2.22. The average molecular weight is 594 g/mol. The van der Waals surface area contributed by atoms with Gasteiger partial charge in [0.2, 0.25) is 0 Å². The SMILES string of the molecule is O=C(NC(=Nc1ccccc1)SCSC(=Nc1ccccc1)NC(=O)c1ccccc1Cl)c1ccccc1Cl. The molecule has 0 saturated carbocycles. The Labute approximate surface area is 244 Å². The van der Waals surface area contributed by atoms with E-state index in [2.05, 4.69) is 20.6 Å². The van der Waals surface area contributed by atoms with Gasteiger partial charge in [-0.25, -0.2) is 9.98 Å². The summed E-state index contributed by atoms with van der Waals surface area (Å²) >= 11 is 15.0. The zero-order valence-corrected chi connectivity index (χ0v) is 23.5. The Morgan fingerprint density at radius 3 is 1.31 bits per heavy atom. The lowest BCUT2D eigenvalue weighted by atomic mass is 10.2. The van der Waals surface area contributed by atoms with E-state index in [1.165, 1.54) is 23.5 Å². The molecule has 0 aliphatic rings. The summed E-state index contributed by atoms with van der Waals surface area (Å²) in [4.78, 5) is 35.1. The maximum atomic E-state index is 12.9. The molecule has 0 aliphatic carbocycles. The fourth-order valence-corrected chi connectivity index (χ4v) is 5.43. The molecule has 39 heavy (non-hydrogen) atoms. The van der Waals surface area contributed by atoms with Crippen LogP contribution in [-0.2, 0) is 0 Å². The number of nitrogens with one attached hydrogen (secondary N) is 2. The summed E-state index contributed by atoms with van der Waals surface area (Å²) < 4.78 is 0. The number of aliphatic imine (C=N–C) groups is 2. The summed E-state index contributed by atoms with van der Waals surface area (Å²) in [5.41, 5.74) is 2.03. The van der Waals surface area contributed by atoms with Gasteiger partial charge in [-0.1, -0.05) is 107 Å². The van der Waals surface area contributed by atoms with Crippen LogP contribution < -0.4 is 10.6 Å². The molecule has 2 N–H and O–H groups in total. The van der Waals surface area contributed by atoms with Crippen LogP contribution >= 0.6 is 46.7 Å². The van der Waals surface area contributed by atoms with Gasteiger partial charge in [0, 0.05) is 0 Å².